The van der Waals surface area contributed by atoms with Gasteiger partial charge in [-0.2, -0.15) is 8.78 Å². The molecule has 2 heterocycles. The summed E-state index contributed by atoms with van der Waals surface area (Å²) in [5.74, 6) is -0.515. The van der Waals surface area contributed by atoms with Crippen LogP contribution in [0.1, 0.15) is 39.4 Å². The van der Waals surface area contributed by atoms with Crippen LogP contribution in [-0.4, -0.2) is 30.5 Å². The van der Waals surface area contributed by atoms with Crippen molar-refractivity contribution >= 4 is 22.9 Å². The molecular formula is C19H22F2N2O2S. The summed E-state index contributed by atoms with van der Waals surface area (Å²) in [7, 11) is 0. The van der Waals surface area contributed by atoms with E-state index in [-0.39, 0.29) is 10.6 Å². The molecule has 0 saturated carbocycles. The SMILES string of the molecule is Cc1cc(OC(F)F)c(C(=O)Nc2cccc(CN3CCCCC3)c2)s1. The molecule has 1 aliphatic heterocycles. The molecule has 0 atom stereocenters. The number of aryl methyl sites for hydroxylation is 1. The number of hydrogen-bond donors (Lipinski definition) is 1. The van der Waals surface area contributed by atoms with E-state index < -0.39 is 12.5 Å². The minimum atomic E-state index is -2.96. The third kappa shape index (κ3) is 5.02. The topological polar surface area (TPSA) is 41.6 Å². The van der Waals surface area contributed by atoms with Gasteiger partial charge in [0.05, 0.1) is 0 Å². The van der Waals surface area contributed by atoms with Gasteiger partial charge in [0.15, 0.2) is 0 Å². The number of hydrogen-bond acceptors (Lipinski definition) is 4. The fourth-order valence-corrected chi connectivity index (χ4v) is 3.98. The van der Waals surface area contributed by atoms with Gasteiger partial charge in [-0.15, -0.1) is 11.3 Å². The van der Waals surface area contributed by atoms with Gasteiger partial charge in [0, 0.05) is 17.1 Å². The zero-order chi connectivity index (χ0) is 18.5. The average Bonchev–Trinajstić information content (AvgIpc) is 2.96. The van der Waals surface area contributed by atoms with E-state index in [0.717, 1.165) is 41.4 Å². The molecular weight excluding hydrogens is 358 g/mol. The van der Waals surface area contributed by atoms with Crippen LogP contribution in [0, 0.1) is 6.92 Å². The van der Waals surface area contributed by atoms with Gasteiger partial charge in [-0.3, -0.25) is 9.69 Å². The number of nitrogens with zero attached hydrogens (tertiary/aromatic N) is 1. The molecule has 1 amide bonds. The van der Waals surface area contributed by atoms with Crippen LogP contribution in [0.4, 0.5) is 14.5 Å². The summed E-state index contributed by atoms with van der Waals surface area (Å²) in [4.78, 5) is 15.8. The smallest absolute Gasteiger partial charge is 0.387 e. The minimum Gasteiger partial charge on any atom is -0.433 e. The second kappa shape index (κ2) is 8.60. The number of alkyl halides is 2. The normalized spacial score (nSPS) is 15.2. The molecule has 0 unspecified atom stereocenters. The molecule has 1 aromatic heterocycles. The summed E-state index contributed by atoms with van der Waals surface area (Å²) in [6, 6.07) is 9.11. The first-order valence-electron chi connectivity index (χ1n) is 8.69. The molecule has 1 saturated heterocycles. The van der Waals surface area contributed by atoms with Gasteiger partial charge in [-0.1, -0.05) is 18.6 Å². The van der Waals surface area contributed by atoms with Gasteiger partial charge in [0.25, 0.3) is 5.91 Å². The zero-order valence-corrected chi connectivity index (χ0v) is 15.5. The lowest BCUT2D eigenvalue weighted by molar-refractivity contribution is -0.0498. The van der Waals surface area contributed by atoms with Crippen LogP contribution in [0.15, 0.2) is 30.3 Å². The summed E-state index contributed by atoms with van der Waals surface area (Å²) in [6.45, 7) is 1.84. The molecule has 1 N–H and O–H groups in total. The summed E-state index contributed by atoms with van der Waals surface area (Å²) in [5, 5.41) is 2.79. The molecule has 0 spiro atoms. The second-order valence-electron chi connectivity index (χ2n) is 6.42. The maximum Gasteiger partial charge on any atom is 0.387 e. The Kier molecular flexibility index (Phi) is 6.21. The van der Waals surface area contributed by atoms with Gasteiger partial charge in [0.1, 0.15) is 10.6 Å². The van der Waals surface area contributed by atoms with Crippen molar-refractivity contribution in [2.24, 2.45) is 0 Å². The molecule has 1 aliphatic rings. The van der Waals surface area contributed by atoms with E-state index in [0.29, 0.717) is 5.69 Å². The maximum absolute atomic E-state index is 12.5. The summed E-state index contributed by atoms with van der Waals surface area (Å²) < 4.78 is 29.5. The Balaban J connectivity index is 1.68. The van der Waals surface area contributed by atoms with Crippen LogP contribution in [-0.2, 0) is 6.54 Å². The number of halogens is 2. The molecule has 7 heteroatoms. The Labute approximate surface area is 155 Å². The number of thiophene rings is 1. The standard InChI is InChI=1S/C19H22F2N2O2S/c1-13-10-16(25-19(20)21)17(26-13)18(24)22-15-7-5-6-14(11-15)12-23-8-3-2-4-9-23/h5-7,10-11,19H,2-4,8-9,12H2,1H3,(H,22,24). The van der Waals surface area contributed by atoms with Gasteiger partial charge in [-0.05, 0) is 56.6 Å². The lowest BCUT2D eigenvalue weighted by Crippen LogP contribution is -2.29. The number of amides is 1. The number of nitrogens with one attached hydrogen (secondary N) is 1. The summed E-state index contributed by atoms with van der Waals surface area (Å²) >= 11 is 1.14. The van der Waals surface area contributed by atoms with Crippen molar-refractivity contribution in [3.8, 4) is 5.75 Å². The Morgan fingerprint density at radius 3 is 2.77 bits per heavy atom. The van der Waals surface area contributed by atoms with Gasteiger partial charge in [0.2, 0.25) is 0 Å². The molecule has 0 aliphatic carbocycles. The first-order valence-corrected chi connectivity index (χ1v) is 9.51. The lowest BCUT2D eigenvalue weighted by Gasteiger charge is -2.26. The molecule has 4 nitrogen and oxygen atoms in total. The number of anilines is 1. The highest BCUT2D eigenvalue weighted by molar-refractivity contribution is 7.14. The largest absolute Gasteiger partial charge is 0.433 e. The highest BCUT2D eigenvalue weighted by Crippen LogP contribution is 2.31. The van der Waals surface area contributed by atoms with Gasteiger partial charge >= 0.3 is 6.61 Å². The Bertz CT molecular complexity index is 758. The molecule has 3 rings (SSSR count). The van der Waals surface area contributed by atoms with Crippen LogP contribution in [0.2, 0.25) is 0 Å². The number of piperidine rings is 1. The second-order valence-corrected chi connectivity index (χ2v) is 7.68. The quantitative estimate of drug-likeness (QED) is 0.775. The lowest BCUT2D eigenvalue weighted by atomic mass is 10.1. The number of carbonyl (C=O) groups excluding carboxylic acids is 1. The predicted molar refractivity (Wildman–Crippen MR) is 99.2 cm³/mol. The molecule has 0 radical (unpaired) electrons. The van der Waals surface area contributed by atoms with Crippen LogP contribution < -0.4 is 10.1 Å². The predicted octanol–water partition coefficient (Wildman–Crippen LogP) is 4.90. The van der Waals surface area contributed by atoms with Crippen molar-refractivity contribution in [1.82, 2.24) is 4.90 Å². The first kappa shape index (κ1) is 18.8. The van der Waals surface area contributed by atoms with E-state index in [1.165, 1.54) is 25.3 Å². The van der Waals surface area contributed by atoms with Crippen molar-refractivity contribution in [3.63, 3.8) is 0 Å². The van der Waals surface area contributed by atoms with E-state index in [1.54, 1.807) is 13.0 Å². The highest BCUT2D eigenvalue weighted by atomic mass is 32.1. The van der Waals surface area contributed by atoms with Crippen molar-refractivity contribution < 1.29 is 18.3 Å². The van der Waals surface area contributed by atoms with Crippen LogP contribution >= 0.6 is 11.3 Å². The van der Waals surface area contributed by atoms with E-state index >= 15 is 0 Å². The number of ether oxygens (including phenoxy) is 1. The Hall–Kier alpha value is -1.99. The van der Waals surface area contributed by atoms with Crippen molar-refractivity contribution in [1.29, 1.82) is 0 Å². The maximum atomic E-state index is 12.5. The monoisotopic (exact) mass is 380 g/mol. The van der Waals surface area contributed by atoms with Crippen molar-refractivity contribution in [2.45, 2.75) is 39.3 Å². The van der Waals surface area contributed by atoms with E-state index in [2.05, 4.69) is 15.0 Å². The fourth-order valence-electron chi connectivity index (χ4n) is 3.14. The van der Waals surface area contributed by atoms with Gasteiger partial charge in [-0.25, -0.2) is 0 Å². The number of likely N-dealkylation sites (tertiary alicyclic amines) is 1. The molecule has 26 heavy (non-hydrogen) atoms. The van der Waals surface area contributed by atoms with Gasteiger partial charge < -0.3 is 10.1 Å². The molecule has 1 aromatic carbocycles. The Morgan fingerprint density at radius 1 is 1.27 bits per heavy atom. The average molecular weight is 380 g/mol. The van der Waals surface area contributed by atoms with Crippen LogP contribution in [0.25, 0.3) is 0 Å². The summed E-state index contributed by atoms with van der Waals surface area (Å²) in [6.07, 6.45) is 3.73. The third-order valence-electron chi connectivity index (χ3n) is 4.28. The Morgan fingerprint density at radius 2 is 2.04 bits per heavy atom. The van der Waals surface area contributed by atoms with Crippen LogP contribution in [0.5, 0.6) is 5.75 Å². The third-order valence-corrected chi connectivity index (χ3v) is 5.31. The van der Waals surface area contributed by atoms with E-state index in [9.17, 15) is 13.6 Å². The number of carbonyl (C=O) groups is 1. The zero-order valence-electron chi connectivity index (χ0n) is 14.6. The van der Waals surface area contributed by atoms with E-state index in [1.807, 2.05) is 18.2 Å². The molecule has 0 bridgehead atoms. The molecule has 1 fully saturated rings. The van der Waals surface area contributed by atoms with E-state index in [4.69, 9.17) is 0 Å². The van der Waals surface area contributed by atoms with Crippen molar-refractivity contribution in [2.75, 3.05) is 18.4 Å². The van der Waals surface area contributed by atoms with Crippen molar-refractivity contribution in [3.05, 3.63) is 45.6 Å². The molecule has 2 aromatic rings. The highest BCUT2D eigenvalue weighted by Gasteiger charge is 2.19. The molecule has 140 valence electrons. The minimum absolute atomic E-state index is 0.0792. The number of benzene rings is 1. The number of rotatable bonds is 6. The van der Waals surface area contributed by atoms with Crippen LogP contribution in [0.3, 0.4) is 0 Å². The summed E-state index contributed by atoms with van der Waals surface area (Å²) in [5.41, 5.74) is 1.77. The fraction of sp³-hybridized carbons (Fsp3) is 0.421. The first-order chi connectivity index (χ1) is 12.5.